The van der Waals surface area contributed by atoms with Crippen molar-refractivity contribution < 1.29 is 26.8 Å². The Bertz CT molecular complexity index is 1130. The quantitative estimate of drug-likeness (QED) is 0.471. The number of hydrogen-bond donors (Lipinski definition) is 1. The smallest absolute Gasteiger partial charge is 0.242 e. The highest BCUT2D eigenvalue weighted by Crippen LogP contribution is 2.22. The molecule has 2 aromatic carbocycles. The number of para-hydroxylation sites is 1. The van der Waals surface area contributed by atoms with Crippen LogP contribution >= 0.6 is 0 Å². The molecule has 0 saturated carbocycles. The van der Waals surface area contributed by atoms with Crippen LogP contribution in [0.2, 0.25) is 0 Å². The van der Waals surface area contributed by atoms with E-state index >= 15 is 0 Å². The summed E-state index contributed by atoms with van der Waals surface area (Å²) in [6.07, 6.45) is 1.63. The van der Waals surface area contributed by atoms with Crippen molar-refractivity contribution in [3.8, 4) is 0 Å². The maximum absolute atomic E-state index is 14.3. The Morgan fingerprint density at radius 2 is 1.60 bits per heavy atom. The van der Waals surface area contributed by atoms with Crippen LogP contribution in [0.4, 0.5) is 14.5 Å². The predicted octanol–water partition coefficient (Wildman–Crippen LogP) is 3.84. The van der Waals surface area contributed by atoms with Crippen molar-refractivity contribution in [1.82, 2.24) is 10.2 Å². The summed E-state index contributed by atoms with van der Waals surface area (Å²) in [6.45, 7) is 5.08. The molecule has 0 spiro atoms. The Morgan fingerprint density at radius 1 is 1.00 bits per heavy atom. The summed E-state index contributed by atoms with van der Waals surface area (Å²) in [4.78, 5) is 27.2. The monoisotopic (exact) mass is 509 g/mol. The van der Waals surface area contributed by atoms with Gasteiger partial charge in [0.2, 0.25) is 21.8 Å². The molecule has 0 aliphatic rings. The number of benzene rings is 2. The topological polar surface area (TPSA) is 86.8 Å². The Labute approximate surface area is 206 Å². The van der Waals surface area contributed by atoms with Crippen molar-refractivity contribution >= 4 is 27.5 Å². The number of anilines is 1. The molecular weight excluding hydrogens is 476 g/mol. The van der Waals surface area contributed by atoms with E-state index < -0.39 is 33.6 Å². The number of amides is 2. The van der Waals surface area contributed by atoms with Crippen LogP contribution in [0, 0.1) is 11.6 Å². The lowest BCUT2D eigenvalue weighted by molar-refractivity contribution is -0.141. The molecule has 0 unspecified atom stereocenters. The number of sulfonamides is 1. The summed E-state index contributed by atoms with van der Waals surface area (Å²) >= 11 is 0. The molecule has 10 heteroatoms. The SMILES string of the molecule is CC[C@H](C)NC(=O)[C@@H](C)N(Cc1ccccc1F)C(=O)CCCN(c1ccccc1F)S(C)(=O)=O. The molecule has 192 valence electrons. The summed E-state index contributed by atoms with van der Waals surface area (Å²) in [5.41, 5.74) is 0.153. The van der Waals surface area contributed by atoms with Gasteiger partial charge in [0.1, 0.15) is 17.7 Å². The van der Waals surface area contributed by atoms with Gasteiger partial charge in [-0.15, -0.1) is 0 Å². The van der Waals surface area contributed by atoms with Gasteiger partial charge in [-0.2, -0.15) is 0 Å². The summed E-state index contributed by atoms with van der Waals surface area (Å²) in [6, 6.07) is 10.5. The molecule has 0 heterocycles. The summed E-state index contributed by atoms with van der Waals surface area (Å²) < 4.78 is 54.0. The van der Waals surface area contributed by atoms with E-state index in [1.807, 2.05) is 13.8 Å². The lowest BCUT2D eigenvalue weighted by Crippen LogP contribution is -2.49. The second-order valence-corrected chi connectivity index (χ2v) is 10.4. The molecule has 0 aromatic heterocycles. The van der Waals surface area contributed by atoms with E-state index in [1.54, 1.807) is 19.1 Å². The highest BCUT2D eigenvalue weighted by Gasteiger charge is 2.28. The molecule has 0 fully saturated rings. The normalized spacial score (nSPS) is 13.1. The Kier molecular flexibility index (Phi) is 10.2. The van der Waals surface area contributed by atoms with Gasteiger partial charge < -0.3 is 10.2 Å². The minimum absolute atomic E-state index is 0.0771. The van der Waals surface area contributed by atoms with E-state index in [9.17, 15) is 26.8 Å². The molecule has 2 rings (SSSR count). The van der Waals surface area contributed by atoms with E-state index in [-0.39, 0.29) is 49.1 Å². The van der Waals surface area contributed by atoms with Crippen LogP contribution in [0.25, 0.3) is 0 Å². The first-order chi connectivity index (χ1) is 16.5. The molecule has 0 saturated heterocycles. The van der Waals surface area contributed by atoms with Crippen LogP contribution in [0.5, 0.6) is 0 Å². The van der Waals surface area contributed by atoms with Gasteiger partial charge in [0.15, 0.2) is 0 Å². The van der Waals surface area contributed by atoms with Gasteiger partial charge in [0.25, 0.3) is 0 Å². The fourth-order valence-electron chi connectivity index (χ4n) is 3.49. The third-order valence-corrected chi connectivity index (χ3v) is 6.92. The van der Waals surface area contributed by atoms with Gasteiger partial charge in [0.05, 0.1) is 11.9 Å². The van der Waals surface area contributed by atoms with E-state index in [2.05, 4.69) is 5.32 Å². The summed E-state index contributed by atoms with van der Waals surface area (Å²) in [7, 11) is -3.80. The molecule has 2 atom stereocenters. The molecule has 0 bridgehead atoms. The minimum atomic E-state index is -3.80. The summed E-state index contributed by atoms with van der Waals surface area (Å²) in [5.74, 6) is -2.00. The highest BCUT2D eigenvalue weighted by molar-refractivity contribution is 7.92. The molecule has 0 aliphatic heterocycles. The van der Waals surface area contributed by atoms with Crippen molar-refractivity contribution in [2.24, 2.45) is 0 Å². The molecule has 0 aliphatic carbocycles. The summed E-state index contributed by atoms with van der Waals surface area (Å²) in [5, 5.41) is 2.83. The minimum Gasteiger partial charge on any atom is -0.352 e. The first kappa shape index (κ1) is 28.2. The van der Waals surface area contributed by atoms with Gasteiger partial charge >= 0.3 is 0 Å². The molecular formula is C25H33F2N3O4S. The number of nitrogens with one attached hydrogen (secondary N) is 1. The van der Waals surface area contributed by atoms with Crippen molar-refractivity contribution in [3.63, 3.8) is 0 Å². The van der Waals surface area contributed by atoms with Crippen LogP contribution in [-0.2, 0) is 26.2 Å². The fraction of sp³-hybridized carbons (Fsp3) is 0.440. The fourth-order valence-corrected chi connectivity index (χ4v) is 4.46. The maximum atomic E-state index is 14.3. The molecule has 2 aromatic rings. The average Bonchev–Trinajstić information content (AvgIpc) is 2.80. The Balaban J connectivity index is 2.20. The van der Waals surface area contributed by atoms with Crippen molar-refractivity contribution in [3.05, 3.63) is 65.7 Å². The van der Waals surface area contributed by atoms with Crippen molar-refractivity contribution in [2.75, 3.05) is 17.1 Å². The third kappa shape index (κ3) is 8.02. The lowest BCUT2D eigenvalue weighted by Gasteiger charge is -2.30. The highest BCUT2D eigenvalue weighted by atomic mass is 32.2. The number of carbonyl (C=O) groups excluding carboxylic acids is 2. The van der Waals surface area contributed by atoms with Crippen LogP contribution < -0.4 is 9.62 Å². The molecule has 2 amide bonds. The van der Waals surface area contributed by atoms with E-state index in [4.69, 9.17) is 0 Å². The Morgan fingerprint density at radius 3 is 2.17 bits per heavy atom. The molecule has 1 N–H and O–H groups in total. The largest absolute Gasteiger partial charge is 0.352 e. The second-order valence-electron chi connectivity index (χ2n) is 8.50. The first-order valence-corrected chi connectivity index (χ1v) is 13.4. The number of hydrogen-bond acceptors (Lipinski definition) is 4. The number of rotatable bonds is 12. The standard InChI is InChI=1S/C25H33F2N3O4S/c1-5-18(2)28-25(32)19(3)29(17-20-11-6-7-12-21(20)26)24(31)15-10-16-30(35(4,33)34)23-14-9-8-13-22(23)27/h6-9,11-14,18-19H,5,10,15-17H2,1-4H3,(H,28,32)/t18-,19+/m0/s1. The third-order valence-electron chi connectivity index (χ3n) is 5.74. The van der Waals surface area contributed by atoms with Crippen molar-refractivity contribution in [2.45, 2.75) is 58.7 Å². The predicted molar refractivity (Wildman–Crippen MR) is 132 cm³/mol. The van der Waals surface area contributed by atoms with E-state index in [0.717, 1.165) is 16.6 Å². The molecule has 35 heavy (non-hydrogen) atoms. The zero-order valence-electron chi connectivity index (χ0n) is 20.5. The van der Waals surface area contributed by atoms with E-state index in [0.29, 0.717) is 6.42 Å². The number of nitrogens with zero attached hydrogens (tertiary/aromatic N) is 2. The number of carbonyl (C=O) groups is 2. The Hall–Kier alpha value is -3.01. The first-order valence-electron chi connectivity index (χ1n) is 11.5. The van der Waals surface area contributed by atoms with Gasteiger partial charge in [0, 0.05) is 31.1 Å². The van der Waals surface area contributed by atoms with Gasteiger partial charge in [-0.25, -0.2) is 17.2 Å². The molecule has 0 radical (unpaired) electrons. The van der Waals surface area contributed by atoms with Crippen LogP contribution in [-0.4, -0.2) is 50.0 Å². The van der Waals surface area contributed by atoms with Crippen LogP contribution in [0.3, 0.4) is 0 Å². The van der Waals surface area contributed by atoms with Crippen LogP contribution in [0.15, 0.2) is 48.5 Å². The van der Waals surface area contributed by atoms with Crippen molar-refractivity contribution in [1.29, 1.82) is 0 Å². The zero-order valence-corrected chi connectivity index (χ0v) is 21.3. The lowest BCUT2D eigenvalue weighted by atomic mass is 10.1. The van der Waals surface area contributed by atoms with Crippen LogP contribution in [0.1, 0.15) is 45.6 Å². The second kappa shape index (κ2) is 12.6. The number of halogens is 2. The van der Waals surface area contributed by atoms with E-state index in [1.165, 1.54) is 35.2 Å². The maximum Gasteiger partial charge on any atom is 0.242 e. The molecule has 7 nitrogen and oxygen atoms in total. The zero-order chi connectivity index (χ0) is 26.2. The average molecular weight is 510 g/mol. The van der Waals surface area contributed by atoms with Gasteiger partial charge in [-0.1, -0.05) is 37.3 Å². The van der Waals surface area contributed by atoms with Gasteiger partial charge in [-0.3, -0.25) is 13.9 Å². The van der Waals surface area contributed by atoms with Gasteiger partial charge in [-0.05, 0) is 44.9 Å².